The third-order valence-electron chi connectivity index (χ3n) is 4.45. The fraction of sp³-hybridized carbons (Fsp3) is 0.647. The van der Waals surface area contributed by atoms with Crippen LogP contribution in [0.25, 0.3) is 0 Å². The lowest BCUT2D eigenvalue weighted by molar-refractivity contribution is 0.240. The molecule has 2 atom stereocenters. The van der Waals surface area contributed by atoms with Crippen LogP contribution in [0.2, 0.25) is 0 Å². The van der Waals surface area contributed by atoms with Crippen LogP contribution in [0.15, 0.2) is 24.3 Å². The first-order valence-corrected chi connectivity index (χ1v) is 7.89. The molecule has 0 spiro atoms. The molecule has 1 aliphatic rings. The number of hydrogen-bond donors (Lipinski definition) is 1. The van der Waals surface area contributed by atoms with Crippen LogP contribution >= 0.6 is 0 Å². The summed E-state index contributed by atoms with van der Waals surface area (Å²) >= 11 is 0. The van der Waals surface area contributed by atoms with Crippen LogP contribution < -0.4 is 5.32 Å². The van der Waals surface area contributed by atoms with Gasteiger partial charge < -0.3 is 10.2 Å². The zero-order valence-electron chi connectivity index (χ0n) is 12.7. The van der Waals surface area contributed by atoms with Crippen molar-refractivity contribution in [1.82, 2.24) is 10.2 Å². The van der Waals surface area contributed by atoms with Gasteiger partial charge in [-0.3, -0.25) is 0 Å². The first kappa shape index (κ1) is 15.5. The maximum atomic E-state index is 13.2. The molecule has 2 unspecified atom stereocenters. The molecule has 0 bridgehead atoms. The molecule has 1 N–H and O–H groups in total. The van der Waals surface area contributed by atoms with Gasteiger partial charge in [0.2, 0.25) is 0 Å². The Morgan fingerprint density at radius 1 is 1.45 bits per heavy atom. The number of nitrogens with zero attached hydrogens (tertiary/aromatic N) is 1. The Bertz CT molecular complexity index is 408. The van der Waals surface area contributed by atoms with Gasteiger partial charge in [-0.15, -0.1) is 0 Å². The van der Waals surface area contributed by atoms with E-state index in [9.17, 15) is 4.39 Å². The summed E-state index contributed by atoms with van der Waals surface area (Å²) in [6.07, 6.45) is 3.36. The zero-order chi connectivity index (χ0) is 14.4. The molecular formula is C17H27FN2. The summed E-state index contributed by atoms with van der Waals surface area (Å²) < 4.78 is 13.2. The van der Waals surface area contributed by atoms with Gasteiger partial charge in [-0.05, 0) is 49.5 Å². The Hall–Kier alpha value is -0.930. The minimum atomic E-state index is -0.127. The Labute approximate surface area is 122 Å². The van der Waals surface area contributed by atoms with Gasteiger partial charge in [-0.1, -0.05) is 32.4 Å². The summed E-state index contributed by atoms with van der Waals surface area (Å²) in [6, 6.07) is 7.58. The highest BCUT2D eigenvalue weighted by Crippen LogP contribution is 2.13. The molecule has 1 aromatic rings. The van der Waals surface area contributed by atoms with E-state index in [1.54, 1.807) is 12.1 Å². The Morgan fingerprint density at radius 3 is 3.05 bits per heavy atom. The second-order valence-electron chi connectivity index (χ2n) is 5.98. The van der Waals surface area contributed by atoms with Crippen molar-refractivity contribution in [3.8, 4) is 0 Å². The van der Waals surface area contributed by atoms with Crippen molar-refractivity contribution in [3.05, 3.63) is 35.6 Å². The third kappa shape index (κ3) is 4.57. The predicted molar refractivity (Wildman–Crippen MR) is 82.4 cm³/mol. The van der Waals surface area contributed by atoms with Crippen LogP contribution in [0.3, 0.4) is 0 Å². The molecular weight excluding hydrogens is 251 g/mol. The van der Waals surface area contributed by atoms with Crippen LogP contribution in [0, 0.1) is 11.7 Å². The quantitative estimate of drug-likeness (QED) is 0.890. The molecule has 112 valence electrons. The lowest BCUT2D eigenvalue weighted by atomic mass is 9.99. The molecule has 0 radical (unpaired) electrons. The van der Waals surface area contributed by atoms with Gasteiger partial charge >= 0.3 is 0 Å². The molecule has 2 nitrogen and oxygen atoms in total. The maximum Gasteiger partial charge on any atom is 0.123 e. The van der Waals surface area contributed by atoms with E-state index >= 15 is 0 Å². The zero-order valence-corrected chi connectivity index (χ0v) is 12.7. The fourth-order valence-electron chi connectivity index (χ4n) is 2.87. The molecule has 1 heterocycles. The van der Waals surface area contributed by atoms with E-state index in [2.05, 4.69) is 24.1 Å². The monoisotopic (exact) mass is 278 g/mol. The van der Waals surface area contributed by atoms with Crippen LogP contribution in [0.1, 0.15) is 32.3 Å². The van der Waals surface area contributed by atoms with Crippen LogP contribution in [-0.2, 0) is 6.42 Å². The first-order chi connectivity index (χ1) is 9.69. The summed E-state index contributed by atoms with van der Waals surface area (Å²) in [5.41, 5.74) is 1.10. The number of nitrogens with one attached hydrogen (secondary N) is 1. The minimum Gasteiger partial charge on any atom is -0.312 e. The van der Waals surface area contributed by atoms with E-state index in [-0.39, 0.29) is 5.82 Å². The van der Waals surface area contributed by atoms with Gasteiger partial charge in [0, 0.05) is 19.1 Å². The van der Waals surface area contributed by atoms with Crippen LogP contribution in [-0.4, -0.2) is 37.1 Å². The topological polar surface area (TPSA) is 15.3 Å². The summed E-state index contributed by atoms with van der Waals surface area (Å²) in [5.74, 6) is 0.585. The van der Waals surface area contributed by atoms with Crippen molar-refractivity contribution in [1.29, 1.82) is 0 Å². The largest absolute Gasteiger partial charge is 0.312 e. The summed E-state index contributed by atoms with van der Waals surface area (Å²) in [4.78, 5) is 2.53. The molecule has 3 heteroatoms. The highest BCUT2D eigenvalue weighted by molar-refractivity contribution is 5.16. The number of halogens is 1. The second kappa shape index (κ2) is 7.75. The van der Waals surface area contributed by atoms with E-state index in [4.69, 9.17) is 0 Å². The van der Waals surface area contributed by atoms with Crippen molar-refractivity contribution in [3.63, 3.8) is 0 Å². The molecule has 1 aromatic carbocycles. The van der Waals surface area contributed by atoms with Crippen molar-refractivity contribution < 1.29 is 4.39 Å². The Balaban J connectivity index is 1.87. The molecule has 0 aromatic heterocycles. The van der Waals surface area contributed by atoms with E-state index < -0.39 is 0 Å². The van der Waals surface area contributed by atoms with Gasteiger partial charge in [-0.2, -0.15) is 0 Å². The fourth-order valence-corrected chi connectivity index (χ4v) is 2.87. The molecule has 0 amide bonds. The normalized spacial score (nSPS) is 22.4. The van der Waals surface area contributed by atoms with Gasteiger partial charge in [0.25, 0.3) is 0 Å². The summed E-state index contributed by atoms with van der Waals surface area (Å²) in [5, 5.41) is 3.67. The van der Waals surface area contributed by atoms with E-state index in [0.29, 0.717) is 12.0 Å². The van der Waals surface area contributed by atoms with Crippen molar-refractivity contribution in [2.75, 3.05) is 26.2 Å². The first-order valence-electron chi connectivity index (χ1n) is 7.89. The van der Waals surface area contributed by atoms with Crippen LogP contribution in [0.4, 0.5) is 4.39 Å². The molecule has 1 fully saturated rings. The Kier molecular flexibility index (Phi) is 5.99. The van der Waals surface area contributed by atoms with Gasteiger partial charge in [0.05, 0.1) is 0 Å². The average molecular weight is 278 g/mol. The summed E-state index contributed by atoms with van der Waals surface area (Å²) in [7, 11) is 0. The molecule has 20 heavy (non-hydrogen) atoms. The molecule has 0 saturated carbocycles. The second-order valence-corrected chi connectivity index (χ2v) is 5.98. The predicted octanol–water partition coefficient (Wildman–Crippen LogP) is 3.08. The highest BCUT2D eigenvalue weighted by Gasteiger charge is 2.21. The van der Waals surface area contributed by atoms with E-state index in [1.807, 2.05) is 6.07 Å². The SMILES string of the molecule is CCC(C)C1CN(CCc2cccc(F)c2)CCCN1. The molecule has 0 aliphatic carbocycles. The van der Waals surface area contributed by atoms with Crippen molar-refractivity contribution in [2.45, 2.75) is 39.2 Å². The lowest BCUT2D eigenvalue weighted by Crippen LogP contribution is -2.42. The minimum absolute atomic E-state index is 0.127. The highest BCUT2D eigenvalue weighted by atomic mass is 19.1. The number of benzene rings is 1. The van der Waals surface area contributed by atoms with E-state index in [0.717, 1.165) is 38.2 Å². The van der Waals surface area contributed by atoms with Crippen molar-refractivity contribution in [2.24, 2.45) is 5.92 Å². The van der Waals surface area contributed by atoms with Gasteiger partial charge in [-0.25, -0.2) is 4.39 Å². The maximum absolute atomic E-state index is 13.2. The lowest BCUT2D eigenvalue weighted by Gasteiger charge is -2.28. The standard InChI is InChI=1S/C17H27FN2/c1-3-14(2)17-13-20(10-5-9-19-17)11-8-15-6-4-7-16(18)12-15/h4,6-7,12,14,17,19H,3,5,8-11,13H2,1-2H3. The molecule has 1 aliphatic heterocycles. The third-order valence-corrected chi connectivity index (χ3v) is 4.45. The molecule has 1 saturated heterocycles. The van der Waals surface area contributed by atoms with Crippen LogP contribution in [0.5, 0.6) is 0 Å². The number of rotatable bonds is 5. The molecule has 2 rings (SSSR count). The smallest absolute Gasteiger partial charge is 0.123 e. The van der Waals surface area contributed by atoms with Crippen molar-refractivity contribution >= 4 is 0 Å². The van der Waals surface area contributed by atoms with Gasteiger partial charge in [0.1, 0.15) is 5.82 Å². The van der Waals surface area contributed by atoms with E-state index in [1.165, 1.54) is 18.9 Å². The van der Waals surface area contributed by atoms with Gasteiger partial charge in [0.15, 0.2) is 0 Å². The Morgan fingerprint density at radius 2 is 2.30 bits per heavy atom. The average Bonchev–Trinajstić information content (AvgIpc) is 2.70. The summed E-state index contributed by atoms with van der Waals surface area (Å²) in [6.45, 7) is 8.99. The number of hydrogen-bond acceptors (Lipinski definition) is 2.